The highest BCUT2D eigenvalue weighted by Crippen LogP contribution is 2.27. The molecule has 3 aromatic rings. The van der Waals surface area contributed by atoms with Crippen LogP contribution < -0.4 is 5.32 Å². The SMILES string of the molecule is Cc1[nH]ncc1CNc1ccccc1-c1ccccc1. The molecule has 0 aliphatic rings. The molecule has 0 saturated carbocycles. The van der Waals surface area contributed by atoms with Crippen molar-refractivity contribution in [1.29, 1.82) is 0 Å². The average Bonchev–Trinajstić information content (AvgIpc) is 2.92. The Labute approximate surface area is 118 Å². The lowest BCUT2D eigenvalue weighted by Gasteiger charge is -2.12. The molecule has 0 spiro atoms. The number of rotatable bonds is 4. The van der Waals surface area contributed by atoms with E-state index in [1.54, 1.807) is 0 Å². The average molecular weight is 263 g/mol. The number of aromatic nitrogens is 2. The first-order valence-corrected chi connectivity index (χ1v) is 6.72. The van der Waals surface area contributed by atoms with Crippen molar-refractivity contribution in [2.75, 3.05) is 5.32 Å². The summed E-state index contributed by atoms with van der Waals surface area (Å²) in [6, 6.07) is 18.8. The van der Waals surface area contributed by atoms with Crippen LogP contribution in [0.5, 0.6) is 0 Å². The minimum atomic E-state index is 0.770. The number of aromatic amines is 1. The van der Waals surface area contributed by atoms with E-state index in [9.17, 15) is 0 Å². The lowest BCUT2D eigenvalue weighted by molar-refractivity contribution is 1.04. The Balaban J connectivity index is 1.85. The van der Waals surface area contributed by atoms with Crippen molar-refractivity contribution in [2.45, 2.75) is 13.5 Å². The summed E-state index contributed by atoms with van der Waals surface area (Å²) in [5.74, 6) is 0. The summed E-state index contributed by atoms with van der Waals surface area (Å²) in [6.07, 6.45) is 1.87. The van der Waals surface area contributed by atoms with Crippen LogP contribution in [-0.4, -0.2) is 10.2 Å². The topological polar surface area (TPSA) is 40.7 Å². The molecule has 0 aliphatic carbocycles. The maximum atomic E-state index is 4.05. The molecule has 2 aromatic carbocycles. The maximum absolute atomic E-state index is 4.05. The number of hydrogen-bond donors (Lipinski definition) is 2. The Morgan fingerprint density at radius 2 is 1.75 bits per heavy atom. The fourth-order valence-corrected chi connectivity index (χ4v) is 2.25. The van der Waals surface area contributed by atoms with Gasteiger partial charge in [-0.25, -0.2) is 0 Å². The molecule has 20 heavy (non-hydrogen) atoms. The fraction of sp³-hybridized carbons (Fsp3) is 0.118. The lowest BCUT2D eigenvalue weighted by atomic mass is 10.0. The highest BCUT2D eigenvalue weighted by Gasteiger charge is 2.05. The van der Waals surface area contributed by atoms with Crippen LogP contribution in [0.15, 0.2) is 60.8 Å². The molecule has 0 fully saturated rings. The predicted molar refractivity (Wildman–Crippen MR) is 82.5 cm³/mol. The first kappa shape index (κ1) is 12.5. The maximum Gasteiger partial charge on any atom is 0.0539 e. The smallest absolute Gasteiger partial charge is 0.0539 e. The van der Waals surface area contributed by atoms with Gasteiger partial charge in [0.1, 0.15) is 0 Å². The molecule has 1 aromatic heterocycles. The third kappa shape index (κ3) is 2.57. The molecule has 3 nitrogen and oxygen atoms in total. The van der Waals surface area contributed by atoms with Crippen molar-refractivity contribution >= 4 is 5.69 Å². The highest BCUT2D eigenvalue weighted by atomic mass is 15.1. The van der Waals surface area contributed by atoms with E-state index >= 15 is 0 Å². The van der Waals surface area contributed by atoms with Gasteiger partial charge in [-0.15, -0.1) is 0 Å². The van der Waals surface area contributed by atoms with Crippen LogP contribution in [-0.2, 0) is 6.54 Å². The Hall–Kier alpha value is -2.55. The van der Waals surface area contributed by atoms with Gasteiger partial charge < -0.3 is 5.32 Å². The molecule has 0 bridgehead atoms. The molecule has 0 radical (unpaired) electrons. The zero-order valence-electron chi connectivity index (χ0n) is 11.4. The van der Waals surface area contributed by atoms with E-state index in [1.165, 1.54) is 16.7 Å². The van der Waals surface area contributed by atoms with Gasteiger partial charge in [0.25, 0.3) is 0 Å². The molecule has 0 aliphatic heterocycles. The van der Waals surface area contributed by atoms with Gasteiger partial charge >= 0.3 is 0 Å². The second-order valence-electron chi connectivity index (χ2n) is 4.79. The van der Waals surface area contributed by atoms with Crippen LogP contribution in [0.25, 0.3) is 11.1 Å². The van der Waals surface area contributed by atoms with Crippen LogP contribution in [0.3, 0.4) is 0 Å². The summed E-state index contributed by atoms with van der Waals surface area (Å²) < 4.78 is 0. The third-order valence-electron chi connectivity index (χ3n) is 3.42. The second kappa shape index (κ2) is 5.61. The van der Waals surface area contributed by atoms with Crippen molar-refractivity contribution in [2.24, 2.45) is 0 Å². The predicted octanol–water partition coefficient (Wildman–Crippen LogP) is 4.00. The number of nitrogens with one attached hydrogen (secondary N) is 2. The van der Waals surface area contributed by atoms with Gasteiger partial charge in [0.15, 0.2) is 0 Å². The summed E-state index contributed by atoms with van der Waals surface area (Å²) in [5.41, 5.74) is 5.87. The van der Waals surface area contributed by atoms with Crippen LogP contribution in [0, 0.1) is 6.92 Å². The van der Waals surface area contributed by atoms with Crippen molar-refractivity contribution in [1.82, 2.24) is 10.2 Å². The van der Waals surface area contributed by atoms with Crippen molar-refractivity contribution < 1.29 is 0 Å². The quantitative estimate of drug-likeness (QED) is 0.747. The van der Waals surface area contributed by atoms with Crippen LogP contribution in [0.2, 0.25) is 0 Å². The molecular formula is C17H17N3. The van der Waals surface area contributed by atoms with E-state index in [1.807, 2.05) is 19.2 Å². The zero-order valence-corrected chi connectivity index (χ0v) is 11.4. The zero-order chi connectivity index (χ0) is 13.8. The van der Waals surface area contributed by atoms with Crippen LogP contribution >= 0.6 is 0 Å². The number of H-pyrrole nitrogens is 1. The molecule has 1 heterocycles. The number of nitrogens with zero attached hydrogens (tertiary/aromatic N) is 1. The van der Waals surface area contributed by atoms with Crippen LogP contribution in [0.4, 0.5) is 5.69 Å². The molecule has 0 saturated heterocycles. The Bertz CT molecular complexity index is 686. The van der Waals surface area contributed by atoms with Gasteiger partial charge in [-0.2, -0.15) is 5.10 Å². The van der Waals surface area contributed by atoms with Crippen molar-refractivity contribution in [3.63, 3.8) is 0 Å². The number of anilines is 1. The van der Waals surface area contributed by atoms with Gasteiger partial charge in [0.05, 0.1) is 6.20 Å². The normalized spacial score (nSPS) is 10.4. The summed E-state index contributed by atoms with van der Waals surface area (Å²) in [5, 5.41) is 10.5. The summed E-state index contributed by atoms with van der Waals surface area (Å²) in [7, 11) is 0. The Morgan fingerprint density at radius 3 is 2.50 bits per heavy atom. The number of aryl methyl sites for hydroxylation is 1. The Kier molecular flexibility index (Phi) is 3.50. The minimum Gasteiger partial charge on any atom is -0.380 e. The summed E-state index contributed by atoms with van der Waals surface area (Å²) in [4.78, 5) is 0. The largest absolute Gasteiger partial charge is 0.380 e. The van der Waals surface area contributed by atoms with Gasteiger partial charge in [-0.05, 0) is 18.6 Å². The molecule has 100 valence electrons. The van der Waals surface area contributed by atoms with Gasteiger partial charge in [-0.3, -0.25) is 5.10 Å². The van der Waals surface area contributed by atoms with Crippen LogP contribution in [0.1, 0.15) is 11.3 Å². The molecular weight excluding hydrogens is 246 g/mol. The molecule has 3 heteroatoms. The van der Waals surface area contributed by atoms with Crippen molar-refractivity contribution in [3.05, 3.63) is 72.1 Å². The van der Waals surface area contributed by atoms with E-state index < -0.39 is 0 Å². The lowest BCUT2D eigenvalue weighted by Crippen LogP contribution is -2.01. The Morgan fingerprint density at radius 1 is 1.00 bits per heavy atom. The molecule has 0 unspecified atom stereocenters. The molecule has 0 atom stereocenters. The fourth-order valence-electron chi connectivity index (χ4n) is 2.25. The number of para-hydroxylation sites is 1. The molecule has 2 N–H and O–H groups in total. The van der Waals surface area contributed by atoms with E-state index in [-0.39, 0.29) is 0 Å². The first-order valence-electron chi connectivity index (χ1n) is 6.72. The van der Waals surface area contributed by atoms with E-state index in [0.717, 1.165) is 17.9 Å². The number of hydrogen-bond acceptors (Lipinski definition) is 2. The second-order valence-corrected chi connectivity index (χ2v) is 4.79. The monoisotopic (exact) mass is 263 g/mol. The summed E-state index contributed by atoms with van der Waals surface area (Å²) in [6.45, 7) is 2.80. The standard InChI is InChI=1S/C17H17N3/c1-13-15(12-19-20-13)11-18-17-10-6-5-9-16(17)14-7-3-2-4-8-14/h2-10,12,18H,11H2,1H3,(H,19,20). The van der Waals surface area contributed by atoms with E-state index in [2.05, 4.69) is 64.0 Å². The van der Waals surface area contributed by atoms with E-state index in [0.29, 0.717) is 0 Å². The molecule has 0 amide bonds. The summed E-state index contributed by atoms with van der Waals surface area (Å²) >= 11 is 0. The van der Waals surface area contributed by atoms with Gasteiger partial charge in [-0.1, -0.05) is 48.5 Å². The van der Waals surface area contributed by atoms with E-state index in [4.69, 9.17) is 0 Å². The molecule has 3 rings (SSSR count). The van der Waals surface area contributed by atoms with Crippen molar-refractivity contribution in [3.8, 4) is 11.1 Å². The first-order chi connectivity index (χ1) is 9.84. The van der Waals surface area contributed by atoms with Gasteiger partial charge in [0.2, 0.25) is 0 Å². The third-order valence-corrected chi connectivity index (χ3v) is 3.42. The van der Waals surface area contributed by atoms with Gasteiger partial charge in [0, 0.05) is 29.1 Å². The highest BCUT2D eigenvalue weighted by molar-refractivity contribution is 5.77. The number of benzene rings is 2. The minimum absolute atomic E-state index is 0.770.